The van der Waals surface area contributed by atoms with Gasteiger partial charge in [0.1, 0.15) is 11.5 Å². The molecule has 2 rings (SSSR count). The van der Waals surface area contributed by atoms with Crippen LogP contribution in [-0.4, -0.2) is 17.4 Å². The first-order valence-electron chi connectivity index (χ1n) is 5.86. The molecule has 4 nitrogen and oxygen atoms in total. The van der Waals surface area contributed by atoms with Gasteiger partial charge in [-0.2, -0.15) is 0 Å². The summed E-state index contributed by atoms with van der Waals surface area (Å²) in [5, 5.41) is 7.60. The normalized spacial score (nSPS) is 10.1. The number of aromatic nitrogens is 1. The van der Waals surface area contributed by atoms with Crippen LogP contribution in [0.3, 0.4) is 0 Å². The molecule has 1 heterocycles. The van der Waals surface area contributed by atoms with Crippen molar-refractivity contribution in [1.82, 2.24) is 4.98 Å². The number of para-hydroxylation sites is 1. The summed E-state index contributed by atoms with van der Waals surface area (Å²) in [6.45, 7) is 2.85. The number of benzene rings is 1. The van der Waals surface area contributed by atoms with E-state index >= 15 is 0 Å². The molecule has 2 aromatic rings. The number of amidine groups is 1. The summed E-state index contributed by atoms with van der Waals surface area (Å²) in [5.41, 5.74) is 8.02. The third-order valence-electron chi connectivity index (χ3n) is 2.72. The fourth-order valence-electron chi connectivity index (χ4n) is 1.92. The predicted octanol–water partition coefficient (Wildman–Crippen LogP) is 2.52. The molecule has 4 heteroatoms. The highest BCUT2D eigenvalue weighted by atomic mass is 15.1. The zero-order valence-electron chi connectivity index (χ0n) is 10.3. The van der Waals surface area contributed by atoms with Crippen molar-refractivity contribution in [3.8, 4) is 0 Å². The van der Waals surface area contributed by atoms with Gasteiger partial charge in [-0.05, 0) is 31.2 Å². The molecule has 0 saturated heterocycles. The van der Waals surface area contributed by atoms with E-state index in [1.54, 1.807) is 6.20 Å². The Kier molecular flexibility index (Phi) is 3.57. The van der Waals surface area contributed by atoms with Gasteiger partial charge in [-0.25, -0.2) is 0 Å². The monoisotopic (exact) mass is 240 g/mol. The highest BCUT2D eigenvalue weighted by Crippen LogP contribution is 2.26. The minimum atomic E-state index is -0.0139. The van der Waals surface area contributed by atoms with E-state index < -0.39 is 0 Å². The maximum absolute atomic E-state index is 7.60. The van der Waals surface area contributed by atoms with E-state index in [9.17, 15) is 0 Å². The van der Waals surface area contributed by atoms with Crippen LogP contribution in [0, 0.1) is 5.41 Å². The molecular weight excluding hydrogens is 224 g/mol. The number of hydrogen-bond donors (Lipinski definition) is 2. The number of rotatable bonds is 4. The second kappa shape index (κ2) is 5.31. The largest absolute Gasteiger partial charge is 0.382 e. The number of nitrogens with two attached hydrogens (primary N) is 1. The minimum absolute atomic E-state index is 0.0139. The summed E-state index contributed by atoms with van der Waals surface area (Å²) in [7, 11) is 0. The van der Waals surface area contributed by atoms with E-state index in [-0.39, 0.29) is 5.84 Å². The molecule has 0 bridgehead atoms. The summed E-state index contributed by atoms with van der Waals surface area (Å²) in [5.74, 6) is -0.0139. The Hall–Kier alpha value is -2.36. The van der Waals surface area contributed by atoms with Gasteiger partial charge in [-0.1, -0.05) is 18.2 Å². The van der Waals surface area contributed by atoms with Crippen molar-refractivity contribution >= 4 is 17.2 Å². The molecule has 0 fully saturated rings. The zero-order valence-corrected chi connectivity index (χ0v) is 10.3. The molecule has 92 valence electrons. The first kappa shape index (κ1) is 12.1. The lowest BCUT2D eigenvalue weighted by Gasteiger charge is -2.24. The molecule has 1 aromatic heterocycles. The van der Waals surface area contributed by atoms with Crippen molar-refractivity contribution in [3.63, 3.8) is 0 Å². The topological polar surface area (TPSA) is 66.0 Å². The van der Waals surface area contributed by atoms with Crippen molar-refractivity contribution in [3.05, 3.63) is 54.4 Å². The minimum Gasteiger partial charge on any atom is -0.382 e. The summed E-state index contributed by atoms with van der Waals surface area (Å²) < 4.78 is 0. The molecule has 0 atom stereocenters. The molecule has 0 amide bonds. The first-order valence-corrected chi connectivity index (χ1v) is 5.86. The van der Waals surface area contributed by atoms with Crippen molar-refractivity contribution in [2.75, 3.05) is 11.4 Å². The Bertz CT molecular complexity index is 537. The van der Waals surface area contributed by atoms with Crippen LogP contribution in [0.4, 0.5) is 11.4 Å². The molecule has 1 aromatic carbocycles. The maximum atomic E-state index is 7.60. The van der Waals surface area contributed by atoms with Crippen LogP contribution >= 0.6 is 0 Å². The van der Waals surface area contributed by atoms with Crippen molar-refractivity contribution in [2.45, 2.75) is 6.92 Å². The highest BCUT2D eigenvalue weighted by molar-refractivity contribution is 5.99. The number of pyridine rings is 1. The molecule has 0 aliphatic carbocycles. The van der Waals surface area contributed by atoms with E-state index in [1.165, 1.54) is 0 Å². The van der Waals surface area contributed by atoms with Crippen molar-refractivity contribution < 1.29 is 0 Å². The fourth-order valence-corrected chi connectivity index (χ4v) is 1.92. The SMILES string of the molecule is CCN(c1ccccc1)c1cccnc1C(=N)N. The molecule has 3 N–H and O–H groups in total. The smallest absolute Gasteiger partial charge is 0.143 e. The lowest BCUT2D eigenvalue weighted by molar-refractivity contribution is 1.01. The zero-order chi connectivity index (χ0) is 13.0. The summed E-state index contributed by atoms with van der Waals surface area (Å²) in [6.07, 6.45) is 1.65. The number of anilines is 2. The van der Waals surface area contributed by atoms with Gasteiger partial charge in [0, 0.05) is 18.4 Å². The van der Waals surface area contributed by atoms with E-state index in [0.717, 1.165) is 17.9 Å². The maximum Gasteiger partial charge on any atom is 0.143 e. The Balaban J connectivity index is 2.49. The Morgan fingerprint density at radius 2 is 1.94 bits per heavy atom. The number of hydrogen-bond acceptors (Lipinski definition) is 3. The van der Waals surface area contributed by atoms with Crippen molar-refractivity contribution in [1.29, 1.82) is 5.41 Å². The lowest BCUT2D eigenvalue weighted by atomic mass is 10.2. The lowest BCUT2D eigenvalue weighted by Crippen LogP contribution is -2.22. The standard InChI is InChI=1S/C14H16N4/c1-2-18(11-7-4-3-5-8-11)12-9-6-10-17-13(12)14(15)16/h3-10H,2H2,1H3,(H3,15,16). The first-order chi connectivity index (χ1) is 8.74. The Labute approximate surface area is 107 Å². The molecule has 0 aliphatic heterocycles. The third kappa shape index (κ3) is 2.32. The van der Waals surface area contributed by atoms with Gasteiger partial charge in [-0.15, -0.1) is 0 Å². The Morgan fingerprint density at radius 1 is 1.22 bits per heavy atom. The van der Waals surface area contributed by atoms with Gasteiger partial charge in [0.05, 0.1) is 5.69 Å². The van der Waals surface area contributed by atoms with Crippen LogP contribution in [0.15, 0.2) is 48.7 Å². The van der Waals surface area contributed by atoms with Crippen LogP contribution in [0.2, 0.25) is 0 Å². The van der Waals surface area contributed by atoms with E-state index in [0.29, 0.717) is 5.69 Å². The van der Waals surface area contributed by atoms with E-state index in [1.807, 2.05) is 42.5 Å². The summed E-state index contributed by atoms with van der Waals surface area (Å²) >= 11 is 0. The summed E-state index contributed by atoms with van der Waals surface area (Å²) in [4.78, 5) is 6.27. The second-order valence-electron chi connectivity index (χ2n) is 3.86. The van der Waals surface area contributed by atoms with Crippen molar-refractivity contribution in [2.24, 2.45) is 5.73 Å². The van der Waals surface area contributed by atoms with Crippen LogP contribution in [0.1, 0.15) is 12.6 Å². The van der Waals surface area contributed by atoms with Gasteiger partial charge in [0.2, 0.25) is 0 Å². The quantitative estimate of drug-likeness (QED) is 0.637. The molecule has 0 saturated carbocycles. The molecule has 0 unspecified atom stereocenters. The number of nitrogens with one attached hydrogen (secondary N) is 1. The number of nitrogens with zero attached hydrogens (tertiary/aromatic N) is 2. The number of nitrogen functional groups attached to an aromatic ring is 1. The van der Waals surface area contributed by atoms with Crippen LogP contribution in [0.5, 0.6) is 0 Å². The van der Waals surface area contributed by atoms with Crippen LogP contribution < -0.4 is 10.6 Å². The molecular formula is C14H16N4. The van der Waals surface area contributed by atoms with E-state index in [2.05, 4.69) is 16.8 Å². The van der Waals surface area contributed by atoms with Gasteiger partial charge >= 0.3 is 0 Å². The summed E-state index contributed by atoms with van der Waals surface area (Å²) in [6, 6.07) is 13.8. The van der Waals surface area contributed by atoms with Gasteiger partial charge in [0.15, 0.2) is 0 Å². The van der Waals surface area contributed by atoms with Gasteiger partial charge in [-0.3, -0.25) is 10.4 Å². The second-order valence-corrected chi connectivity index (χ2v) is 3.86. The average molecular weight is 240 g/mol. The third-order valence-corrected chi connectivity index (χ3v) is 2.72. The highest BCUT2D eigenvalue weighted by Gasteiger charge is 2.13. The molecule has 0 radical (unpaired) electrons. The molecule has 18 heavy (non-hydrogen) atoms. The van der Waals surface area contributed by atoms with Gasteiger partial charge < -0.3 is 10.6 Å². The molecule has 0 aliphatic rings. The molecule has 0 spiro atoms. The van der Waals surface area contributed by atoms with Gasteiger partial charge in [0.25, 0.3) is 0 Å². The fraction of sp³-hybridized carbons (Fsp3) is 0.143. The van der Waals surface area contributed by atoms with Crippen LogP contribution in [0.25, 0.3) is 0 Å². The predicted molar refractivity (Wildman–Crippen MR) is 74.4 cm³/mol. The Morgan fingerprint density at radius 3 is 2.56 bits per heavy atom. The van der Waals surface area contributed by atoms with E-state index in [4.69, 9.17) is 11.1 Å². The van der Waals surface area contributed by atoms with Crippen LogP contribution in [-0.2, 0) is 0 Å². The average Bonchev–Trinajstić information content (AvgIpc) is 2.41.